The Labute approximate surface area is 218 Å². The van der Waals surface area contributed by atoms with E-state index in [1.165, 1.54) is 12.5 Å². The molecule has 0 radical (unpaired) electrons. The first kappa shape index (κ1) is 32.6. The molecular formula is C28H56O5Si2. The van der Waals surface area contributed by atoms with Crippen LogP contribution in [0.5, 0.6) is 0 Å². The molecule has 0 heterocycles. The second-order valence-corrected chi connectivity index (χ2v) is 23.3. The predicted octanol–water partition coefficient (Wildman–Crippen LogP) is 7.32. The van der Waals surface area contributed by atoms with E-state index in [1.54, 1.807) is 6.92 Å². The lowest BCUT2D eigenvalue weighted by Gasteiger charge is -2.42. The third-order valence-corrected chi connectivity index (χ3v) is 17.6. The summed E-state index contributed by atoms with van der Waals surface area (Å²) in [5.41, 5.74) is 0. The van der Waals surface area contributed by atoms with E-state index in [4.69, 9.17) is 13.6 Å². The van der Waals surface area contributed by atoms with Gasteiger partial charge in [0.05, 0.1) is 24.9 Å². The molecule has 35 heavy (non-hydrogen) atoms. The van der Waals surface area contributed by atoms with Gasteiger partial charge in [-0.05, 0) is 80.2 Å². The van der Waals surface area contributed by atoms with Gasteiger partial charge in [-0.2, -0.15) is 0 Å². The van der Waals surface area contributed by atoms with Crippen LogP contribution in [0.25, 0.3) is 0 Å². The molecule has 0 unspecified atom stereocenters. The topological polar surface area (TPSA) is 65.0 Å². The molecule has 1 fully saturated rings. The van der Waals surface area contributed by atoms with Gasteiger partial charge in [0.1, 0.15) is 0 Å². The Morgan fingerprint density at radius 1 is 1.00 bits per heavy atom. The van der Waals surface area contributed by atoms with Crippen molar-refractivity contribution < 1.29 is 23.5 Å². The molecule has 1 aliphatic rings. The fourth-order valence-electron chi connectivity index (χ4n) is 3.84. The summed E-state index contributed by atoms with van der Waals surface area (Å²) in [6.07, 6.45) is 5.08. The second-order valence-electron chi connectivity index (χ2n) is 13.8. The Kier molecular flexibility index (Phi) is 11.5. The number of rotatable bonds is 13. The molecule has 0 saturated heterocycles. The minimum Gasteiger partial charge on any atom is -0.463 e. The Morgan fingerprint density at radius 3 is 1.91 bits per heavy atom. The highest BCUT2D eigenvalue weighted by atomic mass is 28.4. The maximum absolute atomic E-state index is 11.9. The van der Waals surface area contributed by atoms with Gasteiger partial charge in [-0.3, -0.25) is 0 Å². The van der Waals surface area contributed by atoms with Crippen molar-refractivity contribution in [3.63, 3.8) is 0 Å². The van der Waals surface area contributed by atoms with E-state index in [0.717, 1.165) is 0 Å². The molecule has 0 aromatic carbocycles. The summed E-state index contributed by atoms with van der Waals surface area (Å²) >= 11 is 0. The summed E-state index contributed by atoms with van der Waals surface area (Å²) in [5.74, 6) is 0.821. The average molecular weight is 529 g/mol. The zero-order valence-electron chi connectivity index (χ0n) is 25.0. The van der Waals surface area contributed by atoms with Crippen LogP contribution in [0.2, 0.25) is 36.3 Å². The summed E-state index contributed by atoms with van der Waals surface area (Å²) < 4.78 is 18.7. The lowest BCUT2D eigenvalue weighted by Crippen LogP contribution is -2.47. The highest BCUT2D eigenvalue weighted by Gasteiger charge is 2.47. The SMILES string of the molecule is CCOC(=O)/C=C/[C@H](C)[C@H](C[C@H](O)C[C@H](O[Si](C)(C)C(C)(C)C)[C@H]1C[C@@H]1C)O[Si](C)(C)C(C)(C)C. The first-order chi connectivity index (χ1) is 15.7. The van der Waals surface area contributed by atoms with E-state index in [1.807, 2.05) is 6.08 Å². The smallest absolute Gasteiger partial charge is 0.330 e. The summed E-state index contributed by atoms with van der Waals surface area (Å²) in [4.78, 5) is 11.9. The summed E-state index contributed by atoms with van der Waals surface area (Å²) in [7, 11) is -4.02. The minimum absolute atomic E-state index is 0.0252. The van der Waals surface area contributed by atoms with Crippen LogP contribution in [0, 0.1) is 17.8 Å². The monoisotopic (exact) mass is 528 g/mol. The van der Waals surface area contributed by atoms with Crippen molar-refractivity contribution in [3.05, 3.63) is 12.2 Å². The standard InChI is InChI=1S/C28H56O5Si2/c1-14-31-26(30)16-15-20(2)24(32-34(10,11)27(4,5)6)18-22(29)19-25(23-17-21(23)3)33-35(12,13)28(7,8)9/h15-16,20-25,29H,14,17-19H2,1-13H3/b16-15+/t20-,21-,22-,23-,24-,25-/m0/s1. The van der Waals surface area contributed by atoms with Gasteiger partial charge in [0.15, 0.2) is 16.6 Å². The van der Waals surface area contributed by atoms with Crippen molar-refractivity contribution in [2.24, 2.45) is 17.8 Å². The van der Waals surface area contributed by atoms with Crippen molar-refractivity contribution in [2.75, 3.05) is 6.61 Å². The third kappa shape index (κ3) is 10.1. The summed E-state index contributed by atoms with van der Waals surface area (Å²) in [5, 5.41) is 11.5. The van der Waals surface area contributed by atoms with Gasteiger partial charge >= 0.3 is 5.97 Å². The Hall–Kier alpha value is -0.476. The van der Waals surface area contributed by atoms with Crippen molar-refractivity contribution in [2.45, 2.75) is 136 Å². The molecule has 0 aliphatic heterocycles. The predicted molar refractivity (Wildman–Crippen MR) is 152 cm³/mol. The molecule has 1 rings (SSSR count). The first-order valence-electron chi connectivity index (χ1n) is 13.6. The van der Waals surface area contributed by atoms with Crippen LogP contribution in [-0.4, -0.2) is 52.6 Å². The number of ether oxygens (including phenoxy) is 1. The van der Waals surface area contributed by atoms with Gasteiger partial charge in [0.25, 0.3) is 0 Å². The first-order valence-corrected chi connectivity index (χ1v) is 19.4. The van der Waals surface area contributed by atoms with Crippen LogP contribution in [0.1, 0.15) is 81.6 Å². The maximum atomic E-state index is 11.9. The van der Waals surface area contributed by atoms with Gasteiger partial charge in [-0.1, -0.05) is 61.5 Å². The van der Waals surface area contributed by atoms with Crippen LogP contribution in [0.4, 0.5) is 0 Å². The van der Waals surface area contributed by atoms with Crippen LogP contribution in [-0.2, 0) is 18.4 Å². The molecule has 1 N–H and O–H groups in total. The summed E-state index contributed by atoms with van der Waals surface area (Å²) in [6, 6.07) is 0. The van der Waals surface area contributed by atoms with Gasteiger partial charge in [0, 0.05) is 6.08 Å². The number of carbonyl (C=O) groups is 1. The van der Waals surface area contributed by atoms with Gasteiger partial charge in [0.2, 0.25) is 0 Å². The van der Waals surface area contributed by atoms with E-state index in [-0.39, 0.29) is 34.2 Å². The lowest BCUT2D eigenvalue weighted by molar-refractivity contribution is -0.137. The zero-order valence-corrected chi connectivity index (χ0v) is 27.0. The van der Waals surface area contributed by atoms with E-state index in [2.05, 4.69) is 81.6 Å². The highest BCUT2D eigenvalue weighted by molar-refractivity contribution is 6.74. The Bertz CT molecular complexity index is 705. The molecule has 0 aromatic heterocycles. The molecular weight excluding hydrogens is 472 g/mol. The van der Waals surface area contributed by atoms with E-state index in [9.17, 15) is 9.90 Å². The number of esters is 1. The van der Waals surface area contributed by atoms with Crippen LogP contribution in [0.15, 0.2) is 12.2 Å². The minimum atomic E-state index is -2.08. The van der Waals surface area contributed by atoms with Gasteiger partial charge in [-0.25, -0.2) is 4.79 Å². The number of hydrogen-bond acceptors (Lipinski definition) is 5. The van der Waals surface area contributed by atoms with Crippen molar-refractivity contribution in [1.29, 1.82) is 0 Å². The normalized spacial score (nSPS) is 23.1. The van der Waals surface area contributed by atoms with E-state index >= 15 is 0 Å². The largest absolute Gasteiger partial charge is 0.463 e. The fourth-order valence-corrected chi connectivity index (χ4v) is 6.64. The van der Waals surface area contributed by atoms with Gasteiger partial charge < -0.3 is 18.7 Å². The molecule has 0 amide bonds. The Balaban J connectivity index is 3.05. The third-order valence-electron chi connectivity index (χ3n) is 8.57. The molecule has 5 nitrogen and oxygen atoms in total. The van der Waals surface area contributed by atoms with Crippen LogP contribution < -0.4 is 0 Å². The quantitative estimate of drug-likeness (QED) is 0.154. The fraction of sp³-hybridized carbons (Fsp3) is 0.893. The number of carbonyl (C=O) groups excluding carboxylic acids is 1. The lowest BCUT2D eigenvalue weighted by atomic mass is 9.95. The van der Waals surface area contributed by atoms with E-state index in [0.29, 0.717) is 31.3 Å². The van der Waals surface area contributed by atoms with Crippen molar-refractivity contribution >= 4 is 22.6 Å². The van der Waals surface area contributed by atoms with Crippen molar-refractivity contribution in [1.82, 2.24) is 0 Å². The molecule has 0 bridgehead atoms. The average Bonchev–Trinajstić information content (AvgIpc) is 3.39. The molecule has 206 valence electrons. The number of aliphatic hydroxyl groups is 1. The van der Waals surface area contributed by atoms with E-state index < -0.39 is 22.7 Å². The number of hydrogen-bond donors (Lipinski definition) is 1. The number of aliphatic hydroxyl groups excluding tert-OH is 1. The molecule has 0 aromatic rings. The molecule has 6 atom stereocenters. The second kappa shape index (κ2) is 12.4. The zero-order chi connectivity index (χ0) is 27.4. The maximum Gasteiger partial charge on any atom is 0.330 e. The van der Waals surface area contributed by atoms with Crippen molar-refractivity contribution in [3.8, 4) is 0 Å². The summed E-state index contributed by atoms with van der Waals surface area (Å²) in [6.45, 7) is 29.1. The Morgan fingerprint density at radius 2 is 1.49 bits per heavy atom. The van der Waals surface area contributed by atoms with Crippen LogP contribution in [0.3, 0.4) is 0 Å². The van der Waals surface area contributed by atoms with Crippen LogP contribution >= 0.6 is 0 Å². The molecule has 0 spiro atoms. The molecule has 1 saturated carbocycles. The highest BCUT2D eigenvalue weighted by Crippen LogP contribution is 2.47. The molecule has 7 heteroatoms. The van der Waals surface area contributed by atoms with Gasteiger partial charge in [-0.15, -0.1) is 0 Å². The molecule has 1 aliphatic carbocycles.